The Labute approximate surface area is 117 Å². The van der Waals surface area contributed by atoms with E-state index in [0.29, 0.717) is 6.07 Å². The van der Waals surface area contributed by atoms with Gasteiger partial charge in [0.2, 0.25) is 0 Å². The molecule has 1 aromatic carbocycles. The predicted octanol–water partition coefficient (Wildman–Crippen LogP) is 1.17. The molecule has 0 spiro atoms. The Morgan fingerprint density at radius 1 is 1.24 bits per heavy atom. The Morgan fingerprint density at radius 3 is 2.38 bits per heavy atom. The van der Waals surface area contributed by atoms with Crippen molar-refractivity contribution in [3.8, 4) is 0 Å². The van der Waals surface area contributed by atoms with Gasteiger partial charge in [-0.3, -0.25) is 9.52 Å². The molecule has 0 saturated carbocycles. The maximum absolute atomic E-state index is 12.8. The van der Waals surface area contributed by atoms with E-state index >= 15 is 0 Å². The quantitative estimate of drug-likeness (QED) is 0.869. The van der Waals surface area contributed by atoms with Crippen LogP contribution in [-0.4, -0.2) is 13.0 Å². The molecule has 0 radical (unpaired) electrons. The van der Waals surface area contributed by atoms with Crippen molar-refractivity contribution in [3.05, 3.63) is 40.2 Å². The summed E-state index contributed by atoms with van der Waals surface area (Å²) in [6.07, 6.45) is -4.70. The second-order valence-corrected chi connectivity index (χ2v) is 5.62. The van der Waals surface area contributed by atoms with Crippen LogP contribution in [-0.2, 0) is 23.4 Å². The van der Waals surface area contributed by atoms with Gasteiger partial charge in [-0.1, -0.05) is 0 Å². The highest BCUT2D eigenvalue weighted by atomic mass is 32.2. The van der Waals surface area contributed by atoms with Crippen LogP contribution in [0, 0.1) is 0 Å². The molecule has 1 aromatic heterocycles. The van der Waals surface area contributed by atoms with Crippen LogP contribution >= 0.6 is 0 Å². The monoisotopic (exact) mass is 321 g/mol. The Balaban J connectivity index is 2.76. The Morgan fingerprint density at radius 2 is 1.86 bits per heavy atom. The van der Waals surface area contributed by atoms with Crippen molar-refractivity contribution >= 4 is 26.8 Å². The summed E-state index contributed by atoms with van der Waals surface area (Å²) in [6.45, 7) is 0. The van der Waals surface area contributed by atoms with Crippen LogP contribution in [0.2, 0.25) is 0 Å². The van der Waals surface area contributed by atoms with Gasteiger partial charge in [0.15, 0.2) is 5.43 Å². The van der Waals surface area contributed by atoms with E-state index in [1.807, 2.05) is 4.72 Å². The standard InChI is InChI=1S/C11H10F3N3O3S/c1-17-8-4-6(16-21(15,19)20)2-3-7(8)9(18)5-10(17)11(12,13)14/h2-5,16H,1H3,(H2,15,19,20). The van der Waals surface area contributed by atoms with Gasteiger partial charge < -0.3 is 4.57 Å². The summed E-state index contributed by atoms with van der Waals surface area (Å²) in [5, 5.41) is 4.82. The molecule has 0 saturated heterocycles. The van der Waals surface area contributed by atoms with Crippen LogP contribution in [0.5, 0.6) is 0 Å². The van der Waals surface area contributed by atoms with Gasteiger partial charge in [0.05, 0.1) is 11.2 Å². The normalized spacial score (nSPS) is 12.6. The van der Waals surface area contributed by atoms with E-state index in [0.717, 1.165) is 17.7 Å². The summed E-state index contributed by atoms with van der Waals surface area (Å²) in [7, 11) is -2.94. The highest BCUT2D eigenvalue weighted by Crippen LogP contribution is 2.30. The van der Waals surface area contributed by atoms with E-state index < -0.39 is 27.5 Å². The lowest BCUT2D eigenvalue weighted by atomic mass is 10.1. The minimum absolute atomic E-state index is 0.0328. The summed E-state index contributed by atoms with van der Waals surface area (Å²) in [5.41, 5.74) is -2.05. The number of alkyl halides is 3. The van der Waals surface area contributed by atoms with Gasteiger partial charge in [-0.05, 0) is 18.2 Å². The van der Waals surface area contributed by atoms with Crippen molar-refractivity contribution in [3.63, 3.8) is 0 Å². The third-order valence-corrected chi connectivity index (χ3v) is 3.32. The van der Waals surface area contributed by atoms with Gasteiger partial charge in [0.25, 0.3) is 10.2 Å². The number of fused-ring (bicyclic) bond motifs is 1. The number of hydrogen-bond acceptors (Lipinski definition) is 3. The lowest BCUT2D eigenvalue weighted by Crippen LogP contribution is -2.22. The summed E-state index contributed by atoms with van der Waals surface area (Å²) in [6, 6.07) is 4.07. The van der Waals surface area contributed by atoms with Crippen LogP contribution in [0.15, 0.2) is 29.1 Å². The number of pyridine rings is 1. The molecule has 0 aliphatic rings. The molecule has 2 aromatic rings. The van der Waals surface area contributed by atoms with Gasteiger partial charge in [0.1, 0.15) is 5.69 Å². The molecule has 21 heavy (non-hydrogen) atoms. The van der Waals surface area contributed by atoms with Crippen LogP contribution in [0.1, 0.15) is 5.69 Å². The zero-order valence-corrected chi connectivity index (χ0v) is 11.4. The van der Waals surface area contributed by atoms with Gasteiger partial charge >= 0.3 is 6.18 Å². The van der Waals surface area contributed by atoms with Crippen molar-refractivity contribution in [2.75, 3.05) is 4.72 Å². The molecule has 0 bridgehead atoms. The molecule has 2 rings (SSSR count). The first-order valence-electron chi connectivity index (χ1n) is 5.50. The number of rotatable bonds is 2. The Kier molecular flexibility index (Phi) is 3.46. The maximum atomic E-state index is 12.8. The van der Waals surface area contributed by atoms with Gasteiger partial charge in [0, 0.05) is 18.5 Å². The fourth-order valence-electron chi connectivity index (χ4n) is 1.95. The number of aryl methyl sites for hydroxylation is 1. The number of nitrogens with two attached hydrogens (primary N) is 1. The van der Waals surface area contributed by atoms with Crippen molar-refractivity contribution in [2.45, 2.75) is 6.18 Å². The smallest absolute Gasteiger partial charge is 0.340 e. The SMILES string of the molecule is Cn1c(C(F)(F)F)cc(=O)c2ccc(NS(N)(=O)=O)cc21. The highest BCUT2D eigenvalue weighted by Gasteiger charge is 2.34. The van der Waals surface area contributed by atoms with Crippen molar-refractivity contribution in [1.82, 2.24) is 4.57 Å². The van der Waals surface area contributed by atoms with Crippen molar-refractivity contribution in [2.24, 2.45) is 12.2 Å². The highest BCUT2D eigenvalue weighted by molar-refractivity contribution is 7.90. The first kappa shape index (κ1) is 15.3. The third-order valence-electron chi connectivity index (χ3n) is 2.80. The van der Waals surface area contributed by atoms with E-state index in [1.165, 1.54) is 12.1 Å². The number of anilines is 1. The molecule has 3 N–H and O–H groups in total. The Bertz CT molecular complexity index is 872. The number of halogens is 3. The fourth-order valence-corrected chi connectivity index (χ4v) is 2.40. The molecular formula is C11H10F3N3O3S. The number of aromatic nitrogens is 1. The number of benzene rings is 1. The predicted molar refractivity (Wildman–Crippen MR) is 70.9 cm³/mol. The molecule has 0 unspecified atom stereocenters. The lowest BCUT2D eigenvalue weighted by Gasteiger charge is -2.15. The molecule has 10 heteroatoms. The first-order valence-corrected chi connectivity index (χ1v) is 7.05. The van der Waals surface area contributed by atoms with Crippen LogP contribution in [0.25, 0.3) is 10.9 Å². The minimum atomic E-state index is -4.70. The van der Waals surface area contributed by atoms with Gasteiger partial charge in [-0.15, -0.1) is 0 Å². The zero-order valence-electron chi connectivity index (χ0n) is 10.6. The van der Waals surface area contributed by atoms with E-state index in [4.69, 9.17) is 5.14 Å². The zero-order chi connectivity index (χ0) is 16.0. The molecule has 1 heterocycles. The molecule has 0 amide bonds. The number of nitrogens with zero attached hydrogens (tertiary/aromatic N) is 1. The molecular weight excluding hydrogens is 311 g/mol. The van der Waals surface area contributed by atoms with Crippen LogP contribution < -0.4 is 15.3 Å². The summed E-state index contributed by atoms with van der Waals surface area (Å²) < 4.78 is 63.1. The lowest BCUT2D eigenvalue weighted by molar-refractivity contribution is -0.143. The minimum Gasteiger partial charge on any atom is -0.340 e. The second-order valence-electron chi connectivity index (χ2n) is 4.33. The van der Waals surface area contributed by atoms with Crippen molar-refractivity contribution < 1.29 is 21.6 Å². The summed E-state index contributed by atoms with van der Waals surface area (Å²) in [5.74, 6) is 0. The summed E-state index contributed by atoms with van der Waals surface area (Å²) in [4.78, 5) is 11.7. The molecule has 0 aliphatic carbocycles. The first-order chi connectivity index (χ1) is 9.49. The largest absolute Gasteiger partial charge is 0.431 e. The van der Waals surface area contributed by atoms with Crippen LogP contribution in [0.4, 0.5) is 18.9 Å². The number of hydrogen-bond donors (Lipinski definition) is 2. The molecule has 114 valence electrons. The fraction of sp³-hybridized carbons (Fsp3) is 0.182. The summed E-state index contributed by atoms with van der Waals surface area (Å²) >= 11 is 0. The number of nitrogens with one attached hydrogen (secondary N) is 1. The molecule has 0 atom stereocenters. The van der Waals surface area contributed by atoms with E-state index in [9.17, 15) is 26.4 Å². The Hall–Kier alpha value is -2.07. The molecule has 0 aliphatic heterocycles. The third kappa shape index (κ3) is 3.16. The van der Waals surface area contributed by atoms with Crippen molar-refractivity contribution in [1.29, 1.82) is 0 Å². The second kappa shape index (κ2) is 4.74. The average molecular weight is 321 g/mol. The average Bonchev–Trinajstić information content (AvgIpc) is 2.30. The molecule has 6 nitrogen and oxygen atoms in total. The molecule has 0 fully saturated rings. The van der Waals surface area contributed by atoms with E-state index in [2.05, 4.69) is 0 Å². The van der Waals surface area contributed by atoms with Gasteiger partial charge in [-0.25, -0.2) is 5.14 Å². The van der Waals surface area contributed by atoms with E-state index in [1.54, 1.807) is 0 Å². The topological polar surface area (TPSA) is 94.2 Å². The van der Waals surface area contributed by atoms with E-state index in [-0.39, 0.29) is 16.6 Å². The van der Waals surface area contributed by atoms with Gasteiger partial charge in [-0.2, -0.15) is 21.6 Å². The van der Waals surface area contributed by atoms with Crippen LogP contribution in [0.3, 0.4) is 0 Å². The maximum Gasteiger partial charge on any atom is 0.431 e.